The van der Waals surface area contributed by atoms with Crippen LogP contribution in [0.25, 0.3) is 0 Å². The Kier molecular flexibility index (Phi) is 10.1. The van der Waals surface area contributed by atoms with Crippen LogP contribution in [0.5, 0.6) is 5.75 Å². The standard InChI is InChI=1S/C26H30Cl2N4O2/c1-3-32(4-2)13-6-14-34-21-11-9-19(10-12-21)15-20-16-25(30-18-29-20)31-26(33)17-22-23(27)7-5-8-24(22)28/h5,7-12,16,18H,3-4,6,13-15,17H2,1-2H3,(H,29,30,31,33). The van der Waals surface area contributed by atoms with Crippen LogP contribution < -0.4 is 10.1 Å². The quantitative estimate of drug-likeness (QED) is 0.324. The average molecular weight is 501 g/mol. The lowest BCUT2D eigenvalue weighted by Crippen LogP contribution is -2.25. The average Bonchev–Trinajstić information content (AvgIpc) is 2.83. The lowest BCUT2D eigenvalue weighted by molar-refractivity contribution is -0.115. The maximum absolute atomic E-state index is 12.5. The number of nitrogens with one attached hydrogen (secondary N) is 1. The Bertz CT molecular complexity index is 1050. The fraction of sp³-hybridized carbons (Fsp3) is 0.346. The van der Waals surface area contributed by atoms with E-state index in [-0.39, 0.29) is 12.3 Å². The largest absolute Gasteiger partial charge is 0.494 e. The minimum absolute atomic E-state index is 0.0637. The van der Waals surface area contributed by atoms with E-state index in [1.807, 2.05) is 24.3 Å². The number of anilines is 1. The summed E-state index contributed by atoms with van der Waals surface area (Å²) in [4.78, 5) is 23.3. The van der Waals surface area contributed by atoms with Crippen molar-refractivity contribution in [3.05, 3.63) is 81.7 Å². The summed E-state index contributed by atoms with van der Waals surface area (Å²) < 4.78 is 5.86. The van der Waals surface area contributed by atoms with E-state index >= 15 is 0 Å². The molecule has 0 spiro atoms. The van der Waals surface area contributed by atoms with Crippen molar-refractivity contribution < 1.29 is 9.53 Å². The van der Waals surface area contributed by atoms with Gasteiger partial charge in [-0.3, -0.25) is 4.79 Å². The van der Waals surface area contributed by atoms with Gasteiger partial charge in [0, 0.05) is 29.1 Å². The third kappa shape index (κ3) is 7.97. The third-order valence-corrected chi connectivity index (χ3v) is 6.19. The molecule has 0 aliphatic heterocycles. The Hall–Kier alpha value is -2.67. The molecule has 0 radical (unpaired) electrons. The molecule has 3 aromatic rings. The predicted octanol–water partition coefficient (Wildman–Crippen LogP) is 5.67. The first-order valence-corrected chi connectivity index (χ1v) is 12.2. The molecule has 0 bridgehead atoms. The van der Waals surface area contributed by atoms with Crippen LogP contribution in [0.1, 0.15) is 37.1 Å². The number of rotatable bonds is 12. The Morgan fingerprint density at radius 3 is 2.41 bits per heavy atom. The molecule has 2 aromatic carbocycles. The second-order valence-electron chi connectivity index (χ2n) is 7.87. The molecular weight excluding hydrogens is 471 g/mol. The summed E-state index contributed by atoms with van der Waals surface area (Å²) in [6.45, 7) is 8.22. The minimum atomic E-state index is -0.248. The second kappa shape index (κ2) is 13.3. The molecule has 0 unspecified atom stereocenters. The zero-order valence-electron chi connectivity index (χ0n) is 19.6. The molecule has 0 atom stereocenters. The zero-order valence-corrected chi connectivity index (χ0v) is 21.1. The van der Waals surface area contributed by atoms with Crippen molar-refractivity contribution in [3.8, 4) is 5.75 Å². The number of ether oxygens (including phenoxy) is 1. The summed E-state index contributed by atoms with van der Waals surface area (Å²) in [6.07, 6.45) is 3.13. The molecule has 6 nitrogen and oxygen atoms in total. The van der Waals surface area contributed by atoms with Gasteiger partial charge in [0.25, 0.3) is 0 Å². The van der Waals surface area contributed by atoms with Gasteiger partial charge in [0.05, 0.1) is 18.7 Å². The molecule has 3 rings (SSSR count). The molecule has 0 saturated heterocycles. The van der Waals surface area contributed by atoms with Crippen molar-refractivity contribution in [1.29, 1.82) is 0 Å². The maximum Gasteiger partial charge on any atom is 0.230 e. The fourth-order valence-corrected chi connectivity index (χ4v) is 4.07. The van der Waals surface area contributed by atoms with Crippen LogP contribution in [-0.2, 0) is 17.6 Å². The van der Waals surface area contributed by atoms with E-state index < -0.39 is 0 Å². The van der Waals surface area contributed by atoms with E-state index in [9.17, 15) is 4.79 Å². The van der Waals surface area contributed by atoms with Gasteiger partial charge >= 0.3 is 0 Å². The van der Waals surface area contributed by atoms with Crippen LogP contribution in [0.15, 0.2) is 54.9 Å². The Morgan fingerprint density at radius 2 is 1.74 bits per heavy atom. The van der Waals surface area contributed by atoms with Gasteiger partial charge in [0.1, 0.15) is 17.9 Å². The van der Waals surface area contributed by atoms with Gasteiger partial charge < -0.3 is 15.0 Å². The number of nitrogens with zero attached hydrogens (tertiary/aromatic N) is 3. The van der Waals surface area contributed by atoms with Crippen LogP contribution in [0.3, 0.4) is 0 Å². The first kappa shape index (κ1) is 25.9. The fourth-order valence-electron chi connectivity index (χ4n) is 3.54. The summed E-state index contributed by atoms with van der Waals surface area (Å²) in [5.41, 5.74) is 2.48. The highest BCUT2D eigenvalue weighted by Gasteiger charge is 2.12. The van der Waals surface area contributed by atoms with Crippen LogP contribution in [0.2, 0.25) is 10.0 Å². The minimum Gasteiger partial charge on any atom is -0.494 e. The Morgan fingerprint density at radius 1 is 1.03 bits per heavy atom. The van der Waals surface area contributed by atoms with Crippen LogP contribution >= 0.6 is 23.2 Å². The molecule has 1 aromatic heterocycles. The normalized spacial score (nSPS) is 11.0. The van der Waals surface area contributed by atoms with Crippen LogP contribution in [-0.4, -0.2) is 47.0 Å². The van der Waals surface area contributed by atoms with Gasteiger partial charge in [0.15, 0.2) is 0 Å². The third-order valence-electron chi connectivity index (χ3n) is 5.48. The van der Waals surface area contributed by atoms with E-state index in [1.54, 1.807) is 24.3 Å². The monoisotopic (exact) mass is 500 g/mol. The van der Waals surface area contributed by atoms with Crippen molar-refractivity contribution in [3.63, 3.8) is 0 Å². The lowest BCUT2D eigenvalue weighted by atomic mass is 10.1. The van der Waals surface area contributed by atoms with Crippen molar-refractivity contribution in [2.45, 2.75) is 33.1 Å². The SMILES string of the molecule is CCN(CC)CCCOc1ccc(Cc2cc(NC(=O)Cc3c(Cl)cccc3Cl)ncn2)cc1. The van der Waals surface area contributed by atoms with Crippen molar-refractivity contribution in [2.75, 3.05) is 31.6 Å². The molecule has 1 N–H and O–H groups in total. The number of carbonyl (C=O) groups excluding carboxylic acids is 1. The number of aromatic nitrogens is 2. The molecule has 0 fully saturated rings. The molecular formula is C26H30Cl2N4O2. The number of benzene rings is 2. The smallest absolute Gasteiger partial charge is 0.230 e. The summed E-state index contributed by atoms with van der Waals surface area (Å²) >= 11 is 12.3. The highest BCUT2D eigenvalue weighted by Crippen LogP contribution is 2.25. The van der Waals surface area contributed by atoms with Crippen molar-refractivity contribution >= 4 is 34.9 Å². The first-order chi connectivity index (χ1) is 16.5. The molecule has 0 saturated carbocycles. The van der Waals surface area contributed by atoms with Gasteiger partial charge in [-0.15, -0.1) is 0 Å². The van der Waals surface area contributed by atoms with E-state index in [0.717, 1.165) is 43.1 Å². The van der Waals surface area contributed by atoms with Crippen molar-refractivity contribution in [1.82, 2.24) is 14.9 Å². The maximum atomic E-state index is 12.5. The summed E-state index contributed by atoms with van der Waals surface area (Å²) in [7, 11) is 0. The number of hydrogen-bond acceptors (Lipinski definition) is 5. The molecule has 34 heavy (non-hydrogen) atoms. The molecule has 1 amide bonds. The van der Waals surface area contributed by atoms with Gasteiger partial charge in [-0.2, -0.15) is 0 Å². The van der Waals surface area contributed by atoms with E-state index in [4.69, 9.17) is 27.9 Å². The summed E-state index contributed by atoms with van der Waals surface area (Å²) in [6, 6.07) is 14.9. The lowest BCUT2D eigenvalue weighted by Gasteiger charge is -2.17. The van der Waals surface area contributed by atoms with E-state index in [2.05, 4.69) is 34.0 Å². The van der Waals surface area contributed by atoms with Gasteiger partial charge in [-0.05, 0) is 54.9 Å². The number of carbonyl (C=O) groups is 1. The van der Waals surface area contributed by atoms with Crippen LogP contribution in [0.4, 0.5) is 5.82 Å². The summed E-state index contributed by atoms with van der Waals surface area (Å²) in [5, 5.41) is 3.72. The van der Waals surface area contributed by atoms with E-state index in [1.165, 1.54) is 6.33 Å². The first-order valence-electron chi connectivity index (χ1n) is 11.5. The predicted molar refractivity (Wildman–Crippen MR) is 138 cm³/mol. The highest BCUT2D eigenvalue weighted by atomic mass is 35.5. The Balaban J connectivity index is 1.51. The van der Waals surface area contributed by atoms with Gasteiger partial charge in [-0.1, -0.05) is 55.2 Å². The molecule has 0 aliphatic carbocycles. The molecule has 1 heterocycles. The second-order valence-corrected chi connectivity index (χ2v) is 8.68. The zero-order chi connectivity index (χ0) is 24.3. The number of halogens is 2. The van der Waals surface area contributed by atoms with Crippen LogP contribution in [0, 0.1) is 0 Å². The van der Waals surface area contributed by atoms with Gasteiger partial charge in [0.2, 0.25) is 5.91 Å². The van der Waals surface area contributed by atoms with Gasteiger partial charge in [-0.25, -0.2) is 9.97 Å². The Labute approximate surface area is 211 Å². The highest BCUT2D eigenvalue weighted by molar-refractivity contribution is 6.36. The topological polar surface area (TPSA) is 67.3 Å². The molecule has 180 valence electrons. The van der Waals surface area contributed by atoms with Crippen molar-refractivity contribution in [2.24, 2.45) is 0 Å². The molecule has 8 heteroatoms. The number of amides is 1. The molecule has 0 aliphatic rings. The number of hydrogen-bond donors (Lipinski definition) is 1. The summed E-state index contributed by atoms with van der Waals surface area (Å²) in [5.74, 6) is 1.05. The van der Waals surface area contributed by atoms with E-state index in [0.29, 0.717) is 34.5 Å².